The van der Waals surface area contributed by atoms with Crippen LogP contribution in [0.3, 0.4) is 0 Å². The lowest BCUT2D eigenvalue weighted by Gasteiger charge is -2.37. The number of benzene rings is 6. The molecule has 4 saturated heterocycles. The van der Waals surface area contributed by atoms with E-state index in [1.54, 1.807) is 35.3 Å². The summed E-state index contributed by atoms with van der Waals surface area (Å²) in [4.78, 5) is 67.2. The Balaban J connectivity index is 0.000000153. The van der Waals surface area contributed by atoms with E-state index in [1.807, 2.05) is 71.6 Å². The van der Waals surface area contributed by atoms with E-state index in [-0.39, 0.29) is 17.7 Å². The summed E-state index contributed by atoms with van der Waals surface area (Å²) in [6.45, 7) is 30.0. The molecule has 12 rings (SSSR count). The van der Waals surface area contributed by atoms with E-state index in [0.29, 0.717) is 29.6 Å². The highest BCUT2D eigenvalue weighted by Gasteiger charge is 2.26. The lowest BCUT2D eigenvalue weighted by Crippen LogP contribution is -2.49. The summed E-state index contributed by atoms with van der Waals surface area (Å²) in [7, 11) is 0. The Labute approximate surface area is 594 Å². The Bertz CT molecular complexity index is 3620. The molecule has 6 heterocycles. The molecule has 4 fully saturated rings. The van der Waals surface area contributed by atoms with Crippen LogP contribution in [0.2, 0.25) is 0 Å². The lowest BCUT2D eigenvalue weighted by molar-refractivity contribution is -0.132. The highest BCUT2D eigenvalue weighted by atomic mass is 32.2. The summed E-state index contributed by atoms with van der Waals surface area (Å²) in [5, 5.41) is 7.92. The molecule has 4 amide bonds. The van der Waals surface area contributed by atoms with Crippen LogP contribution in [0.15, 0.2) is 167 Å². The van der Waals surface area contributed by atoms with Crippen LogP contribution in [0.5, 0.6) is 0 Å². The number of anilines is 4. The zero-order valence-electron chi connectivity index (χ0n) is 58.8. The first-order valence-corrected chi connectivity index (χ1v) is 38.0. The fraction of sp³-hybridized carbons (Fsp3) is 0.418. The van der Waals surface area contributed by atoms with Crippen LogP contribution < -0.4 is 19.6 Å². The minimum Gasteiger partial charge on any atom is -0.368 e. The zero-order chi connectivity index (χ0) is 69.2. The minimum absolute atomic E-state index is 0.223. The van der Waals surface area contributed by atoms with Crippen LogP contribution in [0, 0.1) is 55.4 Å². The summed E-state index contributed by atoms with van der Waals surface area (Å²) in [6, 6.07) is 54.7. The molecular formula is C79H100N10O6S3. The molecule has 0 saturated carbocycles. The minimum atomic E-state index is 0.223. The number of aromatic nitrogens is 2. The summed E-state index contributed by atoms with van der Waals surface area (Å²) >= 11 is 4.97. The van der Waals surface area contributed by atoms with E-state index in [4.69, 9.17) is 9.05 Å². The predicted octanol–water partition coefficient (Wildman–Crippen LogP) is 13.6. The van der Waals surface area contributed by atoms with E-state index < -0.39 is 0 Å². The van der Waals surface area contributed by atoms with Crippen molar-refractivity contribution in [2.75, 3.05) is 142 Å². The van der Waals surface area contributed by atoms with Crippen molar-refractivity contribution < 1.29 is 28.2 Å². The molecule has 6 aromatic carbocycles. The molecule has 0 spiro atoms. The average Bonchev–Trinajstić information content (AvgIpc) is 1.44. The SMILES string of the molecule is Cc1cccc(N2CCN(C(=O)CSCc3c(C)noc3C)CC2)c1.Cc1ccccc1N1CCN(C(=O)CCCc2ccccc2)CC1.Cc1ccccc1N1CCN(C(=O)CSCc2c(C)noc2C)CC1.Cc1ccccc1N1CCN(C(=O)CSCc2ccccc2)CC1. The fourth-order valence-corrected chi connectivity index (χ4v) is 15.7. The number of aryl methyl sites for hydroxylation is 9. The standard InChI is InChI=1S/C21H26N2O.C20H24N2OS.2C19H25N3O2S/c1-18-8-5-6-12-20(18)22-14-16-23(17-15-22)21(24)13-7-11-19-9-3-2-4-10-19;1-17-7-5-6-10-19(17)21-11-13-22(14-12-21)20(23)16-24-15-18-8-3-2-4-9-18;1-14-5-4-6-17(11-14)21-7-9-22(10-8-21)19(23)13-25-12-18-15(2)20-24-16(18)3;1-14-6-4-5-7-18(14)21-8-10-22(11-9-21)19(23)13-25-12-17-15(2)20-24-16(17)3/h2-6,8-10,12H,7,11,13-17H2,1H3;2-10H,11-16H2,1H3;4-6,11H,7-10,12-13H2,1-3H3;4-7H,8-13H2,1-3H3. The van der Waals surface area contributed by atoms with Gasteiger partial charge in [-0.3, -0.25) is 19.2 Å². The van der Waals surface area contributed by atoms with Gasteiger partial charge in [0.1, 0.15) is 11.5 Å². The maximum atomic E-state index is 12.5. The number of nitrogens with zero attached hydrogens (tertiary/aromatic N) is 10. The molecule has 0 aliphatic carbocycles. The van der Waals surface area contributed by atoms with Gasteiger partial charge in [-0.2, -0.15) is 0 Å². The van der Waals surface area contributed by atoms with Gasteiger partial charge >= 0.3 is 0 Å². The average molecular weight is 1380 g/mol. The van der Waals surface area contributed by atoms with Gasteiger partial charge in [0, 0.05) is 162 Å². The summed E-state index contributed by atoms with van der Waals surface area (Å²) in [5.74, 6) is 6.75. The number of hydrogen-bond acceptors (Lipinski definition) is 15. The summed E-state index contributed by atoms with van der Waals surface area (Å²) in [6.07, 6.45) is 2.57. The van der Waals surface area contributed by atoms with Gasteiger partial charge in [0.05, 0.1) is 28.6 Å². The Morgan fingerprint density at radius 1 is 0.367 bits per heavy atom. The van der Waals surface area contributed by atoms with Crippen LogP contribution in [0.25, 0.3) is 0 Å². The summed E-state index contributed by atoms with van der Waals surface area (Å²) in [5.41, 5.74) is 16.9. The van der Waals surface area contributed by atoms with E-state index in [2.05, 4.69) is 191 Å². The van der Waals surface area contributed by atoms with Crippen LogP contribution >= 0.6 is 35.3 Å². The fourth-order valence-electron chi connectivity index (χ4n) is 12.6. The molecule has 16 nitrogen and oxygen atoms in total. The quantitative estimate of drug-likeness (QED) is 0.0712. The van der Waals surface area contributed by atoms with Crippen molar-refractivity contribution in [2.24, 2.45) is 0 Å². The maximum Gasteiger partial charge on any atom is 0.232 e. The van der Waals surface area contributed by atoms with Crippen LogP contribution in [0.4, 0.5) is 22.7 Å². The van der Waals surface area contributed by atoms with Crippen LogP contribution in [-0.4, -0.2) is 176 Å². The molecule has 98 heavy (non-hydrogen) atoms. The van der Waals surface area contributed by atoms with E-state index in [0.717, 1.165) is 169 Å². The third-order valence-corrected chi connectivity index (χ3v) is 21.5. The second kappa shape index (κ2) is 38.3. The molecular weight excluding hydrogens is 1280 g/mol. The van der Waals surface area contributed by atoms with E-state index >= 15 is 0 Å². The molecule has 4 aliphatic heterocycles. The van der Waals surface area contributed by atoms with Gasteiger partial charge in [-0.1, -0.05) is 138 Å². The van der Waals surface area contributed by atoms with Gasteiger partial charge in [0.15, 0.2) is 0 Å². The summed E-state index contributed by atoms with van der Waals surface area (Å²) < 4.78 is 10.3. The number of hydrogen-bond donors (Lipinski definition) is 0. The molecule has 0 bridgehead atoms. The molecule has 4 aliphatic rings. The molecule has 0 radical (unpaired) electrons. The first-order valence-electron chi connectivity index (χ1n) is 34.6. The van der Waals surface area contributed by atoms with Gasteiger partial charge < -0.3 is 48.2 Å². The van der Waals surface area contributed by atoms with Crippen molar-refractivity contribution in [3.63, 3.8) is 0 Å². The Hall–Kier alpha value is -8.13. The van der Waals surface area contributed by atoms with Crippen molar-refractivity contribution in [2.45, 2.75) is 91.9 Å². The van der Waals surface area contributed by atoms with E-state index in [9.17, 15) is 19.2 Å². The second-order valence-electron chi connectivity index (χ2n) is 25.6. The van der Waals surface area contributed by atoms with Crippen molar-refractivity contribution in [1.82, 2.24) is 29.9 Å². The maximum absolute atomic E-state index is 12.5. The second-order valence-corrected chi connectivity index (χ2v) is 28.5. The van der Waals surface area contributed by atoms with Crippen LogP contribution in [0.1, 0.15) is 80.3 Å². The number of rotatable bonds is 20. The predicted molar refractivity (Wildman–Crippen MR) is 406 cm³/mol. The van der Waals surface area contributed by atoms with Crippen molar-refractivity contribution in [1.29, 1.82) is 0 Å². The van der Waals surface area contributed by atoms with Gasteiger partial charge in [-0.15, -0.1) is 35.3 Å². The highest BCUT2D eigenvalue weighted by molar-refractivity contribution is 7.99. The first kappa shape index (κ1) is 74.1. The molecule has 19 heteroatoms. The van der Waals surface area contributed by atoms with Gasteiger partial charge in [-0.25, -0.2) is 0 Å². The molecule has 0 unspecified atom stereocenters. The number of para-hydroxylation sites is 3. The molecule has 8 aromatic rings. The topological polar surface area (TPSA) is 146 Å². The number of carbonyl (C=O) groups excluding carboxylic acids is 4. The number of thioether (sulfide) groups is 3. The monoisotopic (exact) mass is 1380 g/mol. The third kappa shape index (κ3) is 22.2. The van der Waals surface area contributed by atoms with Crippen molar-refractivity contribution in [3.8, 4) is 0 Å². The number of carbonyl (C=O) groups is 4. The first-order chi connectivity index (χ1) is 47.6. The Morgan fingerprint density at radius 2 is 0.714 bits per heavy atom. The molecule has 0 atom stereocenters. The van der Waals surface area contributed by atoms with E-state index in [1.165, 1.54) is 56.1 Å². The number of piperazine rings is 4. The molecule has 0 N–H and O–H groups in total. The zero-order valence-corrected chi connectivity index (χ0v) is 61.3. The normalized spacial score (nSPS) is 14.8. The van der Waals surface area contributed by atoms with Gasteiger partial charge in [0.2, 0.25) is 23.6 Å². The van der Waals surface area contributed by atoms with Gasteiger partial charge in [-0.05, 0) is 132 Å². The van der Waals surface area contributed by atoms with Crippen molar-refractivity contribution in [3.05, 3.63) is 225 Å². The number of amides is 4. The van der Waals surface area contributed by atoms with Gasteiger partial charge in [0.25, 0.3) is 0 Å². The molecule has 520 valence electrons. The highest BCUT2D eigenvalue weighted by Crippen LogP contribution is 2.27. The van der Waals surface area contributed by atoms with Crippen molar-refractivity contribution >= 4 is 81.7 Å². The third-order valence-electron chi connectivity index (χ3n) is 18.6. The Kier molecular flexibility index (Phi) is 29.0. The molecule has 2 aromatic heterocycles. The smallest absolute Gasteiger partial charge is 0.232 e. The lowest BCUT2D eigenvalue weighted by atomic mass is 10.1. The largest absolute Gasteiger partial charge is 0.368 e. The Morgan fingerprint density at radius 3 is 1.08 bits per heavy atom. The van der Waals surface area contributed by atoms with Crippen LogP contribution in [-0.2, 0) is 42.9 Å².